The highest BCUT2D eigenvalue weighted by atomic mass is 16.6. The first kappa shape index (κ1) is 18.6. The SMILES string of the molecule is CCCCOc1c(OC)cc(C=O)cc1Oc1ccccc1OCC. The molecule has 5 heteroatoms. The molecule has 2 aromatic carbocycles. The summed E-state index contributed by atoms with van der Waals surface area (Å²) in [5.41, 5.74) is 0.448. The third kappa shape index (κ3) is 4.89. The zero-order valence-electron chi connectivity index (χ0n) is 14.9. The molecule has 0 radical (unpaired) electrons. The summed E-state index contributed by atoms with van der Waals surface area (Å²) >= 11 is 0. The third-order valence-electron chi connectivity index (χ3n) is 3.51. The van der Waals surface area contributed by atoms with Crippen molar-refractivity contribution in [3.8, 4) is 28.7 Å². The highest BCUT2D eigenvalue weighted by molar-refractivity contribution is 5.78. The Morgan fingerprint density at radius 1 is 0.960 bits per heavy atom. The topological polar surface area (TPSA) is 54.0 Å². The van der Waals surface area contributed by atoms with Gasteiger partial charge in [-0.2, -0.15) is 0 Å². The largest absolute Gasteiger partial charge is 0.493 e. The summed E-state index contributed by atoms with van der Waals surface area (Å²) in [5, 5.41) is 0. The van der Waals surface area contributed by atoms with Crippen LogP contribution in [0.15, 0.2) is 36.4 Å². The molecular formula is C20H24O5. The minimum atomic E-state index is 0.421. The summed E-state index contributed by atoms with van der Waals surface area (Å²) in [7, 11) is 1.54. The molecule has 0 unspecified atom stereocenters. The number of hydrogen-bond acceptors (Lipinski definition) is 5. The molecule has 0 aliphatic carbocycles. The summed E-state index contributed by atoms with van der Waals surface area (Å²) in [6.45, 7) is 5.06. The Labute approximate surface area is 148 Å². The Balaban J connectivity index is 2.41. The Morgan fingerprint density at radius 3 is 2.32 bits per heavy atom. The smallest absolute Gasteiger partial charge is 0.204 e. The standard InChI is InChI=1S/C20H24O5/c1-4-6-11-24-20-18(22-3)12-15(14-21)13-19(20)25-17-10-8-7-9-16(17)23-5-2/h7-10,12-14H,4-6,11H2,1-3H3. The van der Waals surface area contributed by atoms with E-state index in [2.05, 4.69) is 6.92 Å². The van der Waals surface area contributed by atoms with Crippen LogP contribution in [0.1, 0.15) is 37.0 Å². The van der Waals surface area contributed by atoms with Gasteiger partial charge in [0.2, 0.25) is 5.75 Å². The van der Waals surface area contributed by atoms with Crippen LogP contribution in [0.3, 0.4) is 0 Å². The lowest BCUT2D eigenvalue weighted by atomic mass is 10.2. The van der Waals surface area contributed by atoms with Gasteiger partial charge in [-0.15, -0.1) is 0 Å². The van der Waals surface area contributed by atoms with Crippen LogP contribution < -0.4 is 18.9 Å². The lowest BCUT2D eigenvalue weighted by molar-refractivity contribution is 0.112. The van der Waals surface area contributed by atoms with Gasteiger partial charge in [0.25, 0.3) is 0 Å². The van der Waals surface area contributed by atoms with Crippen molar-refractivity contribution in [2.75, 3.05) is 20.3 Å². The first-order chi connectivity index (χ1) is 12.2. The molecular weight excluding hydrogens is 320 g/mol. The quantitative estimate of drug-likeness (QED) is 0.454. The van der Waals surface area contributed by atoms with E-state index in [1.807, 2.05) is 25.1 Å². The summed E-state index contributed by atoms with van der Waals surface area (Å²) < 4.78 is 22.9. The first-order valence-corrected chi connectivity index (χ1v) is 8.43. The van der Waals surface area contributed by atoms with Crippen LogP contribution in [-0.4, -0.2) is 26.6 Å². The van der Waals surface area contributed by atoms with Gasteiger partial charge in [-0.25, -0.2) is 0 Å². The zero-order valence-corrected chi connectivity index (χ0v) is 14.9. The van der Waals surface area contributed by atoms with E-state index < -0.39 is 0 Å². The molecule has 0 heterocycles. The average molecular weight is 344 g/mol. The summed E-state index contributed by atoms with van der Waals surface area (Å²) in [4.78, 5) is 11.2. The molecule has 0 bridgehead atoms. The molecule has 134 valence electrons. The van der Waals surface area contributed by atoms with Crippen LogP contribution in [0, 0.1) is 0 Å². The fourth-order valence-corrected chi connectivity index (χ4v) is 2.28. The van der Waals surface area contributed by atoms with Crippen molar-refractivity contribution in [3.63, 3.8) is 0 Å². The van der Waals surface area contributed by atoms with Crippen LogP contribution in [0.4, 0.5) is 0 Å². The molecule has 0 aliphatic rings. The molecule has 0 aliphatic heterocycles. The van der Waals surface area contributed by atoms with Crippen molar-refractivity contribution in [1.29, 1.82) is 0 Å². The fourth-order valence-electron chi connectivity index (χ4n) is 2.28. The third-order valence-corrected chi connectivity index (χ3v) is 3.51. The monoisotopic (exact) mass is 344 g/mol. The van der Waals surface area contributed by atoms with Gasteiger partial charge in [0.1, 0.15) is 6.29 Å². The number of carbonyl (C=O) groups excluding carboxylic acids is 1. The number of unbranched alkanes of at least 4 members (excludes halogenated alkanes) is 1. The van der Waals surface area contributed by atoms with Gasteiger partial charge in [-0.1, -0.05) is 25.5 Å². The molecule has 0 N–H and O–H groups in total. The van der Waals surface area contributed by atoms with Crippen molar-refractivity contribution in [2.45, 2.75) is 26.7 Å². The normalized spacial score (nSPS) is 10.2. The second kappa shape index (κ2) is 9.57. The molecule has 2 aromatic rings. The van der Waals surface area contributed by atoms with Crippen molar-refractivity contribution in [1.82, 2.24) is 0 Å². The number of carbonyl (C=O) groups is 1. The van der Waals surface area contributed by atoms with Gasteiger partial charge >= 0.3 is 0 Å². The van der Waals surface area contributed by atoms with Gasteiger partial charge in [-0.05, 0) is 37.6 Å². The Morgan fingerprint density at radius 2 is 1.68 bits per heavy atom. The second-order valence-electron chi connectivity index (χ2n) is 5.35. The molecule has 25 heavy (non-hydrogen) atoms. The molecule has 0 atom stereocenters. The van der Waals surface area contributed by atoms with Crippen molar-refractivity contribution >= 4 is 6.29 Å². The van der Waals surface area contributed by atoms with Crippen molar-refractivity contribution in [3.05, 3.63) is 42.0 Å². The zero-order chi connectivity index (χ0) is 18.1. The van der Waals surface area contributed by atoms with E-state index >= 15 is 0 Å². The fraction of sp³-hybridized carbons (Fsp3) is 0.350. The molecule has 0 amide bonds. The maximum absolute atomic E-state index is 11.2. The van der Waals surface area contributed by atoms with Crippen LogP contribution in [0.2, 0.25) is 0 Å². The van der Waals surface area contributed by atoms with Crippen LogP contribution in [0.5, 0.6) is 28.7 Å². The number of rotatable bonds is 10. The molecule has 5 nitrogen and oxygen atoms in total. The Bertz CT molecular complexity index is 696. The number of para-hydroxylation sites is 2. The minimum Gasteiger partial charge on any atom is -0.493 e. The van der Waals surface area contributed by atoms with E-state index in [9.17, 15) is 4.79 Å². The molecule has 0 aromatic heterocycles. The van der Waals surface area contributed by atoms with E-state index in [-0.39, 0.29) is 0 Å². The molecule has 0 spiro atoms. The summed E-state index contributed by atoms with van der Waals surface area (Å²) in [5.74, 6) is 2.54. The van der Waals surface area contributed by atoms with Crippen molar-refractivity contribution < 1.29 is 23.7 Å². The van der Waals surface area contributed by atoms with Gasteiger partial charge in [-0.3, -0.25) is 4.79 Å². The van der Waals surface area contributed by atoms with Gasteiger partial charge in [0, 0.05) is 5.56 Å². The van der Waals surface area contributed by atoms with Crippen LogP contribution in [-0.2, 0) is 0 Å². The summed E-state index contributed by atoms with van der Waals surface area (Å²) in [6, 6.07) is 10.6. The average Bonchev–Trinajstić information content (AvgIpc) is 2.64. The number of aldehydes is 1. The number of methoxy groups -OCH3 is 1. The second-order valence-corrected chi connectivity index (χ2v) is 5.35. The lowest BCUT2D eigenvalue weighted by Crippen LogP contribution is -2.02. The highest BCUT2D eigenvalue weighted by Crippen LogP contribution is 2.42. The van der Waals surface area contributed by atoms with E-state index in [4.69, 9.17) is 18.9 Å². The molecule has 0 fully saturated rings. The maximum atomic E-state index is 11.2. The van der Waals surface area contributed by atoms with Gasteiger partial charge in [0.15, 0.2) is 23.0 Å². The Hall–Kier alpha value is -2.69. The molecule has 2 rings (SSSR count). The van der Waals surface area contributed by atoms with Crippen LogP contribution in [0.25, 0.3) is 0 Å². The van der Waals surface area contributed by atoms with Gasteiger partial charge < -0.3 is 18.9 Å². The highest BCUT2D eigenvalue weighted by Gasteiger charge is 2.17. The van der Waals surface area contributed by atoms with E-state index in [1.165, 1.54) is 7.11 Å². The van der Waals surface area contributed by atoms with Gasteiger partial charge in [0.05, 0.1) is 20.3 Å². The maximum Gasteiger partial charge on any atom is 0.204 e. The van der Waals surface area contributed by atoms with E-state index in [0.29, 0.717) is 47.5 Å². The molecule has 0 saturated carbocycles. The van der Waals surface area contributed by atoms with E-state index in [0.717, 1.165) is 19.1 Å². The number of hydrogen-bond donors (Lipinski definition) is 0. The number of benzene rings is 2. The minimum absolute atomic E-state index is 0.421. The van der Waals surface area contributed by atoms with E-state index in [1.54, 1.807) is 18.2 Å². The predicted octanol–water partition coefficient (Wildman–Crippen LogP) is 4.88. The molecule has 0 saturated heterocycles. The van der Waals surface area contributed by atoms with Crippen LogP contribution >= 0.6 is 0 Å². The number of ether oxygens (including phenoxy) is 4. The first-order valence-electron chi connectivity index (χ1n) is 8.43. The van der Waals surface area contributed by atoms with Crippen molar-refractivity contribution in [2.24, 2.45) is 0 Å². The predicted molar refractivity (Wildman–Crippen MR) is 96.5 cm³/mol. The summed E-state index contributed by atoms with van der Waals surface area (Å²) in [6.07, 6.45) is 2.67. The Kier molecular flexibility index (Phi) is 7.14. The lowest BCUT2D eigenvalue weighted by Gasteiger charge is -2.17.